The quantitative estimate of drug-likeness (QED) is 0.691. The van der Waals surface area contributed by atoms with Gasteiger partial charge >= 0.3 is 0 Å². The van der Waals surface area contributed by atoms with Crippen molar-refractivity contribution in [3.8, 4) is 11.1 Å². The molecule has 0 fully saturated rings. The van der Waals surface area contributed by atoms with Gasteiger partial charge in [-0.1, -0.05) is 66.7 Å². The summed E-state index contributed by atoms with van der Waals surface area (Å²) in [6.45, 7) is 0. The molecule has 104 valence electrons. The number of hydrogen-bond donors (Lipinski definition) is 2. The fraction of sp³-hybridized carbons (Fsp3) is 0.0526. The lowest BCUT2D eigenvalue weighted by atomic mass is 10.0. The highest BCUT2D eigenvalue weighted by Gasteiger charge is 2.07. The Morgan fingerprint density at radius 3 is 2.00 bits per heavy atom. The molecule has 3 aromatic rings. The van der Waals surface area contributed by atoms with Gasteiger partial charge < -0.3 is 11.1 Å². The van der Waals surface area contributed by atoms with Gasteiger partial charge in [0.2, 0.25) is 0 Å². The molecule has 2 heteroatoms. The molecule has 2 nitrogen and oxygen atoms in total. The maximum Gasteiger partial charge on any atom is 0.101 e. The van der Waals surface area contributed by atoms with Crippen LogP contribution in [0.1, 0.15) is 11.7 Å². The third kappa shape index (κ3) is 3.30. The van der Waals surface area contributed by atoms with Gasteiger partial charge in [-0.3, -0.25) is 0 Å². The standard InChI is InChI=1S/C19H18N2/c20-19(21-18-12-5-2-6-13-18)17-11-7-10-16(14-17)15-8-3-1-4-9-15/h1-14,19,21H,20H2. The van der Waals surface area contributed by atoms with Gasteiger partial charge in [0.25, 0.3) is 0 Å². The number of nitrogens with one attached hydrogen (secondary N) is 1. The Hall–Kier alpha value is -2.58. The van der Waals surface area contributed by atoms with E-state index in [4.69, 9.17) is 5.73 Å². The van der Waals surface area contributed by atoms with Gasteiger partial charge in [0.15, 0.2) is 0 Å². The minimum absolute atomic E-state index is 0.226. The molecule has 0 heterocycles. The predicted octanol–water partition coefficient (Wildman–Crippen LogP) is 4.42. The summed E-state index contributed by atoms with van der Waals surface area (Å²) in [6.07, 6.45) is -0.226. The highest BCUT2D eigenvalue weighted by atomic mass is 15.0. The largest absolute Gasteiger partial charge is 0.366 e. The fourth-order valence-corrected chi connectivity index (χ4v) is 2.34. The van der Waals surface area contributed by atoms with Crippen LogP contribution >= 0.6 is 0 Å². The van der Waals surface area contributed by atoms with E-state index in [1.54, 1.807) is 0 Å². The van der Waals surface area contributed by atoms with Gasteiger partial charge in [0.05, 0.1) is 0 Å². The van der Waals surface area contributed by atoms with Crippen molar-refractivity contribution in [2.24, 2.45) is 5.73 Å². The first kappa shape index (κ1) is 13.4. The zero-order valence-corrected chi connectivity index (χ0v) is 11.7. The predicted molar refractivity (Wildman–Crippen MR) is 88.9 cm³/mol. The fourth-order valence-electron chi connectivity index (χ4n) is 2.34. The Morgan fingerprint density at radius 1 is 0.667 bits per heavy atom. The van der Waals surface area contributed by atoms with E-state index in [-0.39, 0.29) is 6.17 Å². The minimum Gasteiger partial charge on any atom is -0.366 e. The van der Waals surface area contributed by atoms with Crippen molar-refractivity contribution < 1.29 is 0 Å². The first-order valence-electron chi connectivity index (χ1n) is 7.05. The highest BCUT2D eigenvalue weighted by Crippen LogP contribution is 2.23. The van der Waals surface area contributed by atoms with Crippen molar-refractivity contribution in [1.82, 2.24) is 0 Å². The van der Waals surface area contributed by atoms with E-state index in [1.165, 1.54) is 11.1 Å². The molecule has 0 saturated heterocycles. The highest BCUT2D eigenvalue weighted by molar-refractivity contribution is 5.64. The summed E-state index contributed by atoms with van der Waals surface area (Å²) in [7, 11) is 0. The monoisotopic (exact) mass is 274 g/mol. The number of benzene rings is 3. The van der Waals surface area contributed by atoms with E-state index in [0.29, 0.717) is 0 Å². The van der Waals surface area contributed by atoms with E-state index in [1.807, 2.05) is 60.7 Å². The van der Waals surface area contributed by atoms with E-state index >= 15 is 0 Å². The summed E-state index contributed by atoms with van der Waals surface area (Å²) >= 11 is 0. The zero-order chi connectivity index (χ0) is 14.5. The smallest absolute Gasteiger partial charge is 0.101 e. The molecular weight excluding hydrogens is 256 g/mol. The van der Waals surface area contributed by atoms with E-state index < -0.39 is 0 Å². The van der Waals surface area contributed by atoms with E-state index in [9.17, 15) is 0 Å². The van der Waals surface area contributed by atoms with Crippen LogP contribution in [0.25, 0.3) is 11.1 Å². The first-order chi connectivity index (χ1) is 10.3. The molecule has 0 aliphatic heterocycles. The van der Waals surface area contributed by atoms with Crippen LogP contribution in [-0.4, -0.2) is 0 Å². The summed E-state index contributed by atoms with van der Waals surface area (Å²) in [4.78, 5) is 0. The van der Waals surface area contributed by atoms with Crippen LogP contribution in [0.4, 0.5) is 5.69 Å². The van der Waals surface area contributed by atoms with Crippen LogP contribution in [0.15, 0.2) is 84.9 Å². The van der Waals surface area contributed by atoms with E-state index in [2.05, 4.69) is 29.6 Å². The molecule has 0 spiro atoms. The van der Waals surface area contributed by atoms with E-state index in [0.717, 1.165) is 11.3 Å². The molecule has 1 unspecified atom stereocenters. The molecule has 0 amide bonds. The molecule has 0 radical (unpaired) electrons. The lowest BCUT2D eigenvalue weighted by Crippen LogP contribution is -2.19. The summed E-state index contributed by atoms with van der Waals surface area (Å²) in [5.41, 5.74) is 10.7. The molecule has 1 atom stereocenters. The zero-order valence-electron chi connectivity index (χ0n) is 11.7. The molecule has 3 rings (SSSR count). The number of hydrogen-bond acceptors (Lipinski definition) is 2. The molecule has 0 aromatic heterocycles. The van der Waals surface area contributed by atoms with Crippen molar-refractivity contribution in [2.75, 3.05) is 5.32 Å². The second-order valence-corrected chi connectivity index (χ2v) is 4.98. The topological polar surface area (TPSA) is 38.0 Å². The minimum atomic E-state index is -0.226. The van der Waals surface area contributed by atoms with Crippen LogP contribution in [0.2, 0.25) is 0 Å². The molecule has 0 aliphatic carbocycles. The van der Waals surface area contributed by atoms with Crippen LogP contribution < -0.4 is 11.1 Å². The summed E-state index contributed by atoms with van der Waals surface area (Å²) in [6, 6.07) is 28.7. The number of nitrogens with two attached hydrogens (primary N) is 1. The third-order valence-electron chi connectivity index (χ3n) is 3.45. The summed E-state index contributed by atoms with van der Waals surface area (Å²) < 4.78 is 0. The first-order valence-corrected chi connectivity index (χ1v) is 7.05. The molecular formula is C19H18N2. The number of rotatable bonds is 4. The Morgan fingerprint density at radius 2 is 1.29 bits per heavy atom. The molecule has 21 heavy (non-hydrogen) atoms. The van der Waals surface area contributed by atoms with Gasteiger partial charge in [0.1, 0.15) is 6.17 Å². The molecule has 3 N–H and O–H groups in total. The Balaban J connectivity index is 1.83. The van der Waals surface area contributed by atoms with Crippen LogP contribution in [0.3, 0.4) is 0 Å². The lowest BCUT2D eigenvalue weighted by Gasteiger charge is -2.16. The van der Waals surface area contributed by atoms with Crippen molar-refractivity contribution >= 4 is 5.69 Å². The van der Waals surface area contributed by atoms with Crippen molar-refractivity contribution in [3.63, 3.8) is 0 Å². The van der Waals surface area contributed by atoms with Gasteiger partial charge in [-0.15, -0.1) is 0 Å². The second kappa shape index (κ2) is 6.25. The van der Waals surface area contributed by atoms with Gasteiger partial charge in [-0.25, -0.2) is 0 Å². The third-order valence-corrected chi connectivity index (χ3v) is 3.45. The van der Waals surface area contributed by atoms with Crippen LogP contribution in [0, 0.1) is 0 Å². The Labute approximate surface area is 125 Å². The van der Waals surface area contributed by atoms with Crippen LogP contribution in [-0.2, 0) is 0 Å². The Kier molecular flexibility index (Phi) is 3.99. The van der Waals surface area contributed by atoms with Crippen molar-refractivity contribution in [1.29, 1.82) is 0 Å². The molecule has 0 saturated carbocycles. The number of para-hydroxylation sites is 1. The SMILES string of the molecule is NC(Nc1ccccc1)c1cccc(-c2ccccc2)c1. The van der Waals surface area contributed by atoms with Gasteiger partial charge in [0, 0.05) is 5.69 Å². The van der Waals surface area contributed by atoms with Gasteiger partial charge in [-0.2, -0.15) is 0 Å². The summed E-state index contributed by atoms with van der Waals surface area (Å²) in [5.74, 6) is 0. The van der Waals surface area contributed by atoms with Crippen molar-refractivity contribution in [2.45, 2.75) is 6.17 Å². The average molecular weight is 274 g/mol. The normalized spacial score (nSPS) is 11.9. The molecule has 0 bridgehead atoms. The van der Waals surface area contributed by atoms with Gasteiger partial charge in [-0.05, 0) is 34.9 Å². The molecule has 3 aromatic carbocycles. The maximum absolute atomic E-state index is 6.26. The number of anilines is 1. The lowest BCUT2D eigenvalue weighted by molar-refractivity contribution is 0.837. The molecule has 0 aliphatic rings. The Bertz CT molecular complexity index is 693. The van der Waals surface area contributed by atoms with Crippen molar-refractivity contribution in [3.05, 3.63) is 90.5 Å². The van der Waals surface area contributed by atoms with Crippen LogP contribution in [0.5, 0.6) is 0 Å². The average Bonchev–Trinajstić information content (AvgIpc) is 2.57. The maximum atomic E-state index is 6.26. The second-order valence-electron chi connectivity index (χ2n) is 4.98. The summed E-state index contributed by atoms with van der Waals surface area (Å²) in [5, 5.41) is 3.31.